The highest BCUT2D eigenvalue weighted by Gasteiger charge is 2.22. The Kier molecular flexibility index (Phi) is 5.72. The molecule has 2 aromatic carbocycles. The fourth-order valence-corrected chi connectivity index (χ4v) is 4.07. The normalized spacial score (nSPS) is 19.0. The van der Waals surface area contributed by atoms with E-state index in [1.165, 1.54) is 5.56 Å². The van der Waals surface area contributed by atoms with Gasteiger partial charge in [0.15, 0.2) is 0 Å². The maximum atomic E-state index is 12.8. The van der Waals surface area contributed by atoms with Crippen LogP contribution in [0.15, 0.2) is 48.5 Å². The van der Waals surface area contributed by atoms with Gasteiger partial charge < -0.3 is 15.5 Å². The molecule has 146 valence electrons. The predicted octanol–water partition coefficient (Wildman–Crippen LogP) is 3.29. The van der Waals surface area contributed by atoms with Crippen molar-refractivity contribution in [3.8, 4) is 0 Å². The SMILES string of the molecule is O=C(Nc1ccc(CC(=O)N2CCCc3ccccc32)cc1)C1CCCCN1. The molecule has 5 nitrogen and oxygen atoms in total. The van der Waals surface area contributed by atoms with Crippen molar-refractivity contribution in [2.75, 3.05) is 23.3 Å². The van der Waals surface area contributed by atoms with Crippen LogP contribution in [0.1, 0.15) is 36.8 Å². The van der Waals surface area contributed by atoms with Crippen molar-refractivity contribution in [2.45, 2.75) is 44.6 Å². The number of carbonyl (C=O) groups excluding carboxylic acids is 2. The van der Waals surface area contributed by atoms with Gasteiger partial charge in [-0.15, -0.1) is 0 Å². The van der Waals surface area contributed by atoms with Gasteiger partial charge in [0.05, 0.1) is 12.5 Å². The molecular weight excluding hydrogens is 350 g/mol. The van der Waals surface area contributed by atoms with Crippen molar-refractivity contribution in [1.29, 1.82) is 0 Å². The molecule has 28 heavy (non-hydrogen) atoms. The molecule has 5 heteroatoms. The number of aryl methyl sites for hydroxylation is 1. The first-order valence-electron chi connectivity index (χ1n) is 10.2. The Morgan fingerprint density at radius 1 is 1.04 bits per heavy atom. The summed E-state index contributed by atoms with van der Waals surface area (Å²) in [7, 11) is 0. The Morgan fingerprint density at radius 2 is 1.86 bits per heavy atom. The molecule has 0 bridgehead atoms. The minimum Gasteiger partial charge on any atom is -0.325 e. The summed E-state index contributed by atoms with van der Waals surface area (Å²) in [6.45, 7) is 1.68. The first-order chi connectivity index (χ1) is 13.7. The molecule has 4 rings (SSSR count). The topological polar surface area (TPSA) is 61.4 Å². The van der Waals surface area contributed by atoms with Crippen molar-refractivity contribution < 1.29 is 9.59 Å². The van der Waals surface area contributed by atoms with Gasteiger partial charge in [-0.05, 0) is 61.6 Å². The molecule has 1 atom stereocenters. The van der Waals surface area contributed by atoms with Crippen molar-refractivity contribution >= 4 is 23.2 Å². The monoisotopic (exact) mass is 377 g/mol. The molecule has 2 aliphatic rings. The van der Waals surface area contributed by atoms with Gasteiger partial charge in [0, 0.05) is 17.9 Å². The lowest BCUT2D eigenvalue weighted by Crippen LogP contribution is -2.43. The Bertz CT molecular complexity index is 841. The van der Waals surface area contributed by atoms with Crippen LogP contribution in [0, 0.1) is 0 Å². The molecule has 1 fully saturated rings. The highest BCUT2D eigenvalue weighted by atomic mass is 16.2. The summed E-state index contributed by atoms with van der Waals surface area (Å²) >= 11 is 0. The van der Waals surface area contributed by atoms with Crippen molar-refractivity contribution in [2.24, 2.45) is 0 Å². The van der Waals surface area contributed by atoms with Gasteiger partial charge in [-0.3, -0.25) is 9.59 Å². The number of hydrogen-bond acceptors (Lipinski definition) is 3. The van der Waals surface area contributed by atoms with Crippen molar-refractivity contribution in [1.82, 2.24) is 5.32 Å². The van der Waals surface area contributed by atoms with Gasteiger partial charge >= 0.3 is 0 Å². The van der Waals surface area contributed by atoms with Crippen LogP contribution in [-0.4, -0.2) is 30.9 Å². The van der Waals surface area contributed by atoms with Crippen LogP contribution in [0.25, 0.3) is 0 Å². The molecular formula is C23H27N3O2. The maximum absolute atomic E-state index is 12.8. The lowest BCUT2D eigenvalue weighted by atomic mass is 10.0. The van der Waals surface area contributed by atoms with Gasteiger partial charge in [-0.2, -0.15) is 0 Å². The predicted molar refractivity (Wildman–Crippen MR) is 112 cm³/mol. The van der Waals surface area contributed by atoms with Gasteiger partial charge in [0.25, 0.3) is 0 Å². The van der Waals surface area contributed by atoms with Gasteiger partial charge in [-0.25, -0.2) is 0 Å². The summed E-state index contributed by atoms with van der Waals surface area (Å²) in [5.74, 6) is 0.142. The molecule has 0 saturated carbocycles. The number of benzene rings is 2. The Balaban J connectivity index is 1.37. The number of rotatable bonds is 4. The molecule has 2 aliphatic heterocycles. The molecule has 2 N–H and O–H groups in total. The summed E-state index contributed by atoms with van der Waals surface area (Å²) in [4.78, 5) is 27.1. The largest absolute Gasteiger partial charge is 0.325 e. The van der Waals surface area contributed by atoms with Crippen molar-refractivity contribution in [3.63, 3.8) is 0 Å². The molecule has 2 heterocycles. The number of piperidine rings is 1. The third-order valence-corrected chi connectivity index (χ3v) is 5.61. The maximum Gasteiger partial charge on any atom is 0.241 e. The Labute approximate surface area is 166 Å². The third kappa shape index (κ3) is 4.25. The zero-order valence-corrected chi connectivity index (χ0v) is 16.1. The van der Waals surface area contributed by atoms with E-state index in [0.717, 1.165) is 62.1 Å². The van der Waals surface area contributed by atoms with Gasteiger partial charge in [-0.1, -0.05) is 36.8 Å². The first kappa shape index (κ1) is 18.7. The minimum atomic E-state index is -0.103. The summed E-state index contributed by atoms with van der Waals surface area (Å²) in [6, 6.07) is 15.7. The lowest BCUT2D eigenvalue weighted by molar-refractivity contribution is -0.119. The van der Waals surface area contributed by atoms with Crippen LogP contribution in [-0.2, 0) is 22.4 Å². The summed E-state index contributed by atoms with van der Waals surface area (Å²) in [6.07, 6.45) is 5.51. The van der Waals surface area contributed by atoms with E-state index >= 15 is 0 Å². The van der Waals surface area contributed by atoms with Gasteiger partial charge in [0.2, 0.25) is 11.8 Å². The first-order valence-corrected chi connectivity index (χ1v) is 10.2. The second kappa shape index (κ2) is 8.57. The summed E-state index contributed by atoms with van der Waals surface area (Å²) in [5.41, 5.74) is 4.03. The van der Waals surface area contributed by atoms with E-state index < -0.39 is 0 Å². The van der Waals surface area contributed by atoms with E-state index in [0.29, 0.717) is 6.42 Å². The number of hydrogen-bond donors (Lipinski definition) is 2. The fraction of sp³-hybridized carbons (Fsp3) is 0.391. The number of nitrogens with zero attached hydrogens (tertiary/aromatic N) is 1. The third-order valence-electron chi connectivity index (χ3n) is 5.61. The number of nitrogens with one attached hydrogen (secondary N) is 2. The number of fused-ring (bicyclic) bond motifs is 1. The summed E-state index contributed by atoms with van der Waals surface area (Å²) in [5, 5.41) is 6.23. The van der Waals surface area contributed by atoms with E-state index in [1.54, 1.807) is 0 Å². The summed E-state index contributed by atoms with van der Waals surface area (Å²) < 4.78 is 0. The molecule has 1 unspecified atom stereocenters. The van der Waals surface area contributed by atoms with Crippen molar-refractivity contribution in [3.05, 3.63) is 59.7 Å². The molecule has 2 aromatic rings. The molecule has 0 radical (unpaired) electrons. The minimum absolute atomic E-state index is 0.0217. The quantitative estimate of drug-likeness (QED) is 0.860. The van der Waals surface area contributed by atoms with Crippen LogP contribution in [0.4, 0.5) is 11.4 Å². The fourth-order valence-electron chi connectivity index (χ4n) is 4.07. The van der Waals surface area contributed by atoms with E-state index in [1.807, 2.05) is 47.4 Å². The van der Waals surface area contributed by atoms with E-state index in [9.17, 15) is 9.59 Å². The van der Waals surface area contributed by atoms with Crippen LogP contribution < -0.4 is 15.5 Å². The van der Waals surface area contributed by atoms with Crippen LogP contribution in [0.3, 0.4) is 0 Å². The Hall–Kier alpha value is -2.66. The highest BCUT2D eigenvalue weighted by Crippen LogP contribution is 2.27. The molecule has 2 amide bonds. The van der Waals surface area contributed by atoms with Crippen LogP contribution >= 0.6 is 0 Å². The lowest BCUT2D eigenvalue weighted by Gasteiger charge is -2.29. The van der Waals surface area contributed by atoms with E-state index in [2.05, 4.69) is 16.7 Å². The number of para-hydroxylation sites is 1. The second-order valence-electron chi connectivity index (χ2n) is 7.64. The molecule has 1 saturated heterocycles. The van der Waals surface area contributed by atoms with E-state index in [-0.39, 0.29) is 17.9 Å². The van der Waals surface area contributed by atoms with E-state index in [4.69, 9.17) is 0 Å². The Morgan fingerprint density at radius 3 is 2.64 bits per heavy atom. The average Bonchev–Trinajstić information content (AvgIpc) is 2.75. The number of amides is 2. The molecule has 0 aliphatic carbocycles. The smallest absolute Gasteiger partial charge is 0.241 e. The average molecular weight is 377 g/mol. The second-order valence-corrected chi connectivity index (χ2v) is 7.64. The van der Waals surface area contributed by atoms with Gasteiger partial charge in [0.1, 0.15) is 0 Å². The molecule has 0 spiro atoms. The highest BCUT2D eigenvalue weighted by molar-refractivity contribution is 5.96. The zero-order chi connectivity index (χ0) is 19.3. The standard InChI is InChI=1S/C23H27N3O2/c27-22(26-15-5-7-18-6-1-2-9-21(18)26)16-17-10-12-19(13-11-17)25-23(28)20-8-3-4-14-24-20/h1-2,6,9-13,20,24H,3-5,7-8,14-16H2,(H,25,28). The number of carbonyl (C=O) groups is 2. The van der Waals surface area contributed by atoms with Crippen LogP contribution in [0.2, 0.25) is 0 Å². The number of anilines is 2. The molecule has 0 aromatic heterocycles. The van der Waals surface area contributed by atoms with Crippen LogP contribution in [0.5, 0.6) is 0 Å². The zero-order valence-electron chi connectivity index (χ0n) is 16.1.